The Morgan fingerprint density at radius 3 is 2.71 bits per heavy atom. The molecule has 1 aliphatic rings. The molecule has 0 unspecified atom stereocenters. The third-order valence-electron chi connectivity index (χ3n) is 3.01. The van der Waals surface area contributed by atoms with Crippen molar-refractivity contribution in [2.75, 3.05) is 5.75 Å². The van der Waals surface area contributed by atoms with Crippen molar-refractivity contribution in [1.29, 1.82) is 0 Å². The first-order chi connectivity index (χ1) is 7.85. The second kappa shape index (κ2) is 4.34. The number of hydrogen-bond donors (Lipinski definition) is 1. The Morgan fingerprint density at radius 1 is 1.35 bits per heavy atom. The quantitative estimate of drug-likeness (QED) is 0.829. The van der Waals surface area contributed by atoms with Crippen LogP contribution in [0.2, 0.25) is 0 Å². The van der Waals surface area contributed by atoms with Gasteiger partial charge in [0.15, 0.2) is 0 Å². The Morgan fingerprint density at radius 2 is 2.06 bits per heavy atom. The van der Waals surface area contributed by atoms with E-state index in [2.05, 4.69) is 0 Å². The smallest absolute Gasteiger partial charge is 0.265 e. The Bertz CT molecular complexity index is 540. The SMILES string of the molecule is O=S(=O)(O)C[C@H]1CCc2cc(F)cc(F)c2C1. The molecule has 0 amide bonds. The molecule has 0 saturated heterocycles. The fourth-order valence-electron chi connectivity index (χ4n) is 2.30. The maximum Gasteiger partial charge on any atom is 0.265 e. The van der Waals surface area contributed by atoms with Gasteiger partial charge in [-0.3, -0.25) is 4.55 Å². The van der Waals surface area contributed by atoms with E-state index in [-0.39, 0.29) is 18.1 Å². The fourth-order valence-corrected chi connectivity index (χ4v) is 3.18. The van der Waals surface area contributed by atoms with Crippen molar-refractivity contribution in [1.82, 2.24) is 0 Å². The molecule has 0 fully saturated rings. The molecule has 1 aromatic carbocycles. The zero-order valence-electron chi connectivity index (χ0n) is 8.99. The van der Waals surface area contributed by atoms with Crippen LogP contribution in [-0.2, 0) is 23.0 Å². The molecule has 0 heterocycles. The van der Waals surface area contributed by atoms with E-state index in [1.807, 2.05) is 0 Å². The van der Waals surface area contributed by atoms with E-state index in [1.54, 1.807) is 0 Å². The minimum atomic E-state index is -4.04. The van der Waals surface area contributed by atoms with Gasteiger partial charge in [0.05, 0.1) is 5.75 Å². The van der Waals surface area contributed by atoms with Gasteiger partial charge >= 0.3 is 0 Å². The fraction of sp³-hybridized carbons (Fsp3) is 0.455. The first-order valence-corrected chi connectivity index (χ1v) is 6.88. The van der Waals surface area contributed by atoms with E-state index in [4.69, 9.17) is 4.55 Å². The summed E-state index contributed by atoms with van der Waals surface area (Å²) in [5.74, 6) is -1.93. The van der Waals surface area contributed by atoms with E-state index < -0.39 is 21.8 Å². The molecule has 6 heteroatoms. The van der Waals surface area contributed by atoms with Crippen LogP contribution in [0.5, 0.6) is 0 Å². The summed E-state index contributed by atoms with van der Waals surface area (Å²) in [6, 6.07) is 2.08. The Kier molecular flexibility index (Phi) is 3.18. The van der Waals surface area contributed by atoms with Gasteiger partial charge in [-0.25, -0.2) is 8.78 Å². The Balaban J connectivity index is 2.24. The topological polar surface area (TPSA) is 54.4 Å². The molecule has 1 N–H and O–H groups in total. The summed E-state index contributed by atoms with van der Waals surface area (Å²) < 4.78 is 56.7. The van der Waals surface area contributed by atoms with E-state index in [0.29, 0.717) is 24.0 Å². The second-order valence-electron chi connectivity index (χ2n) is 4.38. The van der Waals surface area contributed by atoms with Gasteiger partial charge in [0.25, 0.3) is 10.1 Å². The number of aryl methyl sites for hydroxylation is 1. The highest BCUT2D eigenvalue weighted by atomic mass is 32.2. The molecular weight excluding hydrogens is 250 g/mol. The molecule has 0 bridgehead atoms. The van der Waals surface area contributed by atoms with Gasteiger partial charge in [-0.05, 0) is 42.4 Å². The van der Waals surface area contributed by atoms with E-state index in [1.165, 1.54) is 6.07 Å². The lowest BCUT2D eigenvalue weighted by Gasteiger charge is -2.23. The van der Waals surface area contributed by atoms with Gasteiger partial charge < -0.3 is 0 Å². The summed E-state index contributed by atoms with van der Waals surface area (Å²) >= 11 is 0. The normalized spacial score (nSPS) is 20.1. The van der Waals surface area contributed by atoms with Crippen molar-refractivity contribution in [3.05, 3.63) is 34.9 Å². The predicted molar refractivity (Wildman–Crippen MR) is 58.3 cm³/mol. The molecule has 1 atom stereocenters. The Labute approximate surface area is 98.2 Å². The molecule has 0 saturated carbocycles. The van der Waals surface area contributed by atoms with Crippen molar-refractivity contribution in [3.8, 4) is 0 Å². The standard InChI is InChI=1S/C11H12F2O3S/c12-9-4-8-2-1-7(6-17(14,15)16)3-10(8)11(13)5-9/h4-5,7H,1-3,6H2,(H,14,15,16)/t7-/m0/s1. The molecule has 0 aromatic heterocycles. The van der Waals surface area contributed by atoms with Crippen LogP contribution in [0.1, 0.15) is 17.5 Å². The van der Waals surface area contributed by atoms with Crippen LogP contribution >= 0.6 is 0 Å². The molecular formula is C11H12F2O3S. The summed E-state index contributed by atoms with van der Waals surface area (Å²) in [7, 11) is -4.04. The van der Waals surface area contributed by atoms with Crippen molar-refractivity contribution in [3.63, 3.8) is 0 Å². The zero-order valence-corrected chi connectivity index (χ0v) is 9.80. The molecule has 0 aliphatic heterocycles. The van der Waals surface area contributed by atoms with Crippen LogP contribution < -0.4 is 0 Å². The van der Waals surface area contributed by atoms with Crippen LogP contribution in [0.25, 0.3) is 0 Å². The van der Waals surface area contributed by atoms with Gasteiger partial charge in [0.1, 0.15) is 11.6 Å². The van der Waals surface area contributed by atoms with Gasteiger partial charge in [-0.2, -0.15) is 8.42 Å². The average molecular weight is 262 g/mol. The molecule has 1 aliphatic carbocycles. The van der Waals surface area contributed by atoms with Crippen molar-refractivity contribution in [2.45, 2.75) is 19.3 Å². The maximum atomic E-state index is 13.5. The minimum absolute atomic E-state index is 0.223. The van der Waals surface area contributed by atoms with Crippen LogP contribution in [0.15, 0.2) is 12.1 Å². The number of fused-ring (bicyclic) bond motifs is 1. The second-order valence-corrected chi connectivity index (χ2v) is 5.88. The van der Waals surface area contributed by atoms with Crippen molar-refractivity contribution in [2.24, 2.45) is 5.92 Å². The number of rotatable bonds is 2. The highest BCUT2D eigenvalue weighted by molar-refractivity contribution is 7.85. The average Bonchev–Trinajstić information content (AvgIpc) is 2.16. The van der Waals surface area contributed by atoms with E-state index >= 15 is 0 Å². The molecule has 1 aromatic rings. The van der Waals surface area contributed by atoms with Crippen LogP contribution in [0, 0.1) is 17.6 Å². The molecule has 0 spiro atoms. The van der Waals surface area contributed by atoms with Gasteiger partial charge in [-0.15, -0.1) is 0 Å². The van der Waals surface area contributed by atoms with Gasteiger partial charge in [0, 0.05) is 6.07 Å². The summed E-state index contributed by atoms with van der Waals surface area (Å²) in [6.45, 7) is 0. The van der Waals surface area contributed by atoms with E-state index in [0.717, 1.165) is 6.07 Å². The lowest BCUT2D eigenvalue weighted by atomic mass is 9.84. The minimum Gasteiger partial charge on any atom is -0.286 e. The summed E-state index contributed by atoms with van der Waals surface area (Å²) in [5.41, 5.74) is 0.959. The highest BCUT2D eigenvalue weighted by Gasteiger charge is 2.25. The Hall–Kier alpha value is -1.01. The van der Waals surface area contributed by atoms with E-state index in [9.17, 15) is 17.2 Å². The lowest BCUT2D eigenvalue weighted by Crippen LogP contribution is -2.23. The third-order valence-corrected chi connectivity index (χ3v) is 3.91. The van der Waals surface area contributed by atoms with Crippen molar-refractivity contribution < 1.29 is 21.8 Å². The summed E-state index contributed by atoms with van der Waals surface area (Å²) in [4.78, 5) is 0. The number of benzene rings is 1. The largest absolute Gasteiger partial charge is 0.286 e. The highest BCUT2D eigenvalue weighted by Crippen LogP contribution is 2.29. The molecule has 94 valence electrons. The summed E-state index contributed by atoms with van der Waals surface area (Å²) in [6.07, 6.45) is 1.17. The molecule has 17 heavy (non-hydrogen) atoms. The van der Waals surface area contributed by atoms with Crippen LogP contribution in [0.4, 0.5) is 8.78 Å². The molecule has 2 rings (SSSR count). The predicted octanol–water partition coefficient (Wildman–Crippen LogP) is 1.96. The van der Waals surface area contributed by atoms with Crippen LogP contribution in [-0.4, -0.2) is 18.7 Å². The number of hydrogen-bond acceptors (Lipinski definition) is 2. The molecule has 0 radical (unpaired) electrons. The molecule has 3 nitrogen and oxygen atoms in total. The monoisotopic (exact) mass is 262 g/mol. The number of halogens is 2. The maximum absolute atomic E-state index is 13.5. The third kappa shape index (κ3) is 3.01. The van der Waals surface area contributed by atoms with Crippen LogP contribution in [0.3, 0.4) is 0 Å². The van der Waals surface area contributed by atoms with Gasteiger partial charge in [-0.1, -0.05) is 0 Å². The van der Waals surface area contributed by atoms with Crippen molar-refractivity contribution >= 4 is 10.1 Å². The van der Waals surface area contributed by atoms with Gasteiger partial charge in [0.2, 0.25) is 0 Å². The first-order valence-electron chi connectivity index (χ1n) is 5.27. The summed E-state index contributed by atoms with van der Waals surface area (Å²) in [5, 5.41) is 0. The zero-order chi connectivity index (χ0) is 12.6. The lowest BCUT2D eigenvalue weighted by molar-refractivity contribution is 0.434. The first kappa shape index (κ1) is 12.4.